The van der Waals surface area contributed by atoms with Crippen LogP contribution in [0.1, 0.15) is 24.0 Å². The van der Waals surface area contributed by atoms with E-state index in [-0.39, 0.29) is 0 Å². The zero-order valence-electron chi connectivity index (χ0n) is 8.66. The lowest BCUT2D eigenvalue weighted by Crippen LogP contribution is -2.15. The molecule has 1 aliphatic carbocycles. The van der Waals surface area contributed by atoms with Crippen molar-refractivity contribution in [3.05, 3.63) is 41.5 Å². The lowest BCUT2D eigenvalue weighted by molar-refractivity contribution is 0.754. The summed E-state index contributed by atoms with van der Waals surface area (Å²) in [7, 11) is 0. The summed E-state index contributed by atoms with van der Waals surface area (Å²) in [6, 6.07) is 9.27. The molecule has 1 aromatic carbocycles. The van der Waals surface area contributed by atoms with Crippen LogP contribution in [0.5, 0.6) is 0 Å². The number of rotatable bonds is 4. The minimum atomic E-state index is 0.802. The van der Waals surface area contributed by atoms with E-state index in [4.69, 9.17) is 0 Å². The molecular weight excluding hydrogens is 170 g/mol. The Morgan fingerprint density at radius 2 is 2.14 bits per heavy atom. The summed E-state index contributed by atoms with van der Waals surface area (Å²) < 4.78 is 0. The molecule has 0 aromatic heterocycles. The van der Waals surface area contributed by atoms with Crippen LogP contribution in [0.4, 0.5) is 0 Å². The Kier molecular flexibility index (Phi) is 3.00. The van der Waals surface area contributed by atoms with Crippen molar-refractivity contribution in [2.75, 3.05) is 6.54 Å². The second-order valence-electron chi connectivity index (χ2n) is 3.94. The van der Waals surface area contributed by atoms with Gasteiger partial charge in [-0.05, 0) is 30.9 Å². The van der Waals surface area contributed by atoms with Crippen molar-refractivity contribution in [1.29, 1.82) is 0 Å². The Morgan fingerprint density at radius 1 is 1.36 bits per heavy atom. The number of hydrogen-bond donors (Lipinski definition) is 1. The van der Waals surface area contributed by atoms with E-state index in [9.17, 15) is 0 Å². The van der Waals surface area contributed by atoms with Crippen molar-refractivity contribution in [3.63, 3.8) is 0 Å². The molecule has 1 saturated carbocycles. The second kappa shape index (κ2) is 4.43. The van der Waals surface area contributed by atoms with Gasteiger partial charge in [-0.15, -0.1) is 0 Å². The third-order valence-corrected chi connectivity index (χ3v) is 2.59. The van der Waals surface area contributed by atoms with E-state index in [1.54, 1.807) is 0 Å². The van der Waals surface area contributed by atoms with Crippen molar-refractivity contribution < 1.29 is 0 Å². The van der Waals surface area contributed by atoms with E-state index in [1.165, 1.54) is 24.0 Å². The predicted octanol–water partition coefficient (Wildman–Crippen LogP) is 2.76. The lowest BCUT2D eigenvalue weighted by Gasteiger charge is -1.99. The highest BCUT2D eigenvalue weighted by molar-refractivity contribution is 5.53. The smallest absolute Gasteiger partial charge is 0.0140 e. The molecule has 1 fully saturated rings. The first kappa shape index (κ1) is 9.47. The Morgan fingerprint density at radius 3 is 2.86 bits per heavy atom. The molecule has 0 atom stereocenters. The van der Waals surface area contributed by atoms with Gasteiger partial charge in [0.05, 0.1) is 0 Å². The minimum absolute atomic E-state index is 0.802. The van der Waals surface area contributed by atoms with Gasteiger partial charge in [-0.3, -0.25) is 0 Å². The summed E-state index contributed by atoms with van der Waals surface area (Å²) in [5.74, 6) is 0. The molecule has 1 aromatic rings. The summed E-state index contributed by atoms with van der Waals surface area (Å²) in [5, 5.41) is 3.46. The highest BCUT2D eigenvalue weighted by atomic mass is 14.9. The standard InChI is InChI=1S/C13H17N/c1-11-5-2-3-6-12(11)7-4-10-14-13-8-9-13/h2-7,13-14H,8-10H2,1H3. The fourth-order valence-electron chi connectivity index (χ4n) is 1.48. The van der Waals surface area contributed by atoms with E-state index >= 15 is 0 Å². The number of hydrogen-bond acceptors (Lipinski definition) is 1. The molecule has 0 saturated heterocycles. The van der Waals surface area contributed by atoms with Gasteiger partial charge >= 0.3 is 0 Å². The van der Waals surface area contributed by atoms with Gasteiger partial charge in [0.15, 0.2) is 0 Å². The van der Waals surface area contributed by atoms with Crippen molar-refractivity contribution in [2.24, 2.45) is 0 Å². The molecular formula is C13H17N. The first-order valence-corrected chi connectivity index (χ1v) is 5.32. The highest BCUT2D eigenvalue weighted by Crippen LogP contribution is 2.18. The monoisotopic (exact) mass is 187 g/mol. The van der Waals surface area contributed by atoms with Gasteiger partial charge in [0, 0.05) is 12.6 Å². The van der Waals surface area contributed by atoms with Gasteiger partial charge in [-0.2, -0.15) is 0 Å². The second-order valence-corrected chi connectivity index (χ2v) is 3.94. The Balaban J connectivity index is 1.85. The van der Waals surface area contributed by atoms with E-state index < -0.39 is 0 Å². The summed E-state index contributed by atoms with van der Waals surface area (Å²) in [6.45, 7) is 3.15. The molecule has 14 heavy (non-hydrogen) atoms. The van der Waals surface area contributed by atoms with Crippen LogP contribution >= 0.6 is 0 Å². The van der Waals surface area contributed by atoms with Crippen LogP contribution in [0.2, 0.25) is 0 Å². The maximum Gasteiger partial charge on any atom is 0.0140 e. The summed E-state index contributed by atoms with van der Waals surface area (Å²) >= 11 is 0. The molecule has 0 heterocycles. The predicted molar refractivity (Wildman–Crippen MR) is 61.2 cm³/mol. The van der Waals surface area contributed by atoms with Crippen molar-refractivity contribution in [2.45, 2.75) is 25.8 Å². The lowest BCUT2D eigenvalue weighted by atomic mass is 10.1. The van der Waals surface area contributed by atoms with Crippen LogP contribution in [-0.2, 0) is 0 Å². The first-order chi connectivity index (χ1) is 6.86. The van der Waals surface area contributed by atoms with Crippen LogP contribution < -0.4 is 5.32 Å². The topological polar surface area (TPSA) is 12.0 Å². The van der Waals surface area contributed by atoms with E-state index in [0.29, 0.717) is 0 Å². The van der Waals surface area contributed by atoms with E-state index in [0.717, 1.165) is 12.6 Å². The van der Waals surface area contributed by atoms with Gasteiger partial charge in [0.2, 0.25) is 0 Å². The van der Waals surface area contributed by atoms with Crippen LogP contribution in [0.15, 0.2) is 30.3 Å². The van der Waals surface area contributed by atoms with Crippen molar-refractivity contribution in [1.82, 2.24) is 5.32 Å². The van der Waals surface area contributed by atoms with Crippen LogP contribution in [0.3, 0.4) is 0 Å². The maximum atomic E-state index is 3.46. The third-order valence-electron chi connectivity index (χ3n) is 2.59. The summed E-state index contributed by atoms with van der Waals surface area (Å²) in [5.41, 5.74) is 2.67. The fraction of sp³-hybridized carbons (Fsp3) is 0.385. The maximum absolute atomic E-state index is 3.46. The molecule has 74 valence electrons. The van der Waals surface area contributed by atoms with Gasteiger partial charge in [0.1, 0.15) is 0 Å². The molecule has 0 spiro atoms. The van der Waals surface area contributed by atoms with Gasteiger partial charge < -0.3 is 5.32 Å². The summed E-state index contributed by atoms with van der Waals surface area (Å²) in [4.78, 5) is 0. The number of benzene rings is 1. The van der Waals surface area contributed by atoms with Gasteiger partial charge in [-0.25, -0.2) is 0 Å². The van der Waals surface area contributed by atoms with Crippen LogP contribution in [-0.4, -0.2) is 12.6 Å². The molecule has 0 bridgehead atoms. The van der Waals surface area contributed by atoms with Crippen LogP contribution in [0, 0.1) is 6.92 Å². The SMILES string of the molecule is Cc1ccccc1C=CCNC1CC1. The summed E-state index contributed by atoms with van der Waals surface area (Å²) in [6.07, 6.45) is 7.13. The molecule has 1 N–H and O–H groups in total. The van der Waals surface area contributed by atoms with Crippen LogP contribution in [0.25, 0.3) is 6.08 Å². The molecule has 1 aliphatic rings. The van der Waals surface area contributed by atoms with E-state index in [2.05, 4.69) is 48.7 Å². The van der Waals surface area contributed by atoms with Gasteiger partial charge in [0.25, 0.3) is 0 Å². The molecule has 1 heteroatoms. The minimum Gasteiger partial charge on any atom is -0.311 e. The number of aryl methyl sites for hydroxylation is 1. The highest BCUT2D eigenvalue weighted by Gasteiger charge is 2.18. The normalized spacial score (nSPS) is 16.4. The Bertz CT molecular complexity index is 324. The zero-order chi connectivity index (χ0) is 9.80. The molecule has 0 radical (unpaired) electrons. The quantitative estimate of drug-likeness (QED) is 0.764. The van der Waals surface area contributed by atoms with Crippen molar-refractivity contribution in [3.8, 4) is 0 Å². The van der Waals surface area contributed by atoms with E-state index in [1.807, 2.05) is 0 Å². The third kappa shape index (κ3) is 2.71. The molecule has 1 nitrogen and oxygen atoms in total. The molecule has 0 amide bonds. The van der Waals surface area contributed by atoms with Crippen molar-refractivity contribution >= 4 is 6.08 Å². The number of nitrogens with one attached hydrogen (secondary N) is 1. The molecule has 0 aliphatic heterocycles. The average molecular weight is 187 g/mol. The molecule has 2 rings (SSSR count). The largest absolute Gasteiger partial charge is 0.311 e. The fourth-order valence-corrected chi connectivity index (χ4v) is 1.48. The Labute approximate surface area is 85.8 Å². The Hall–Kier alpha value is -1.08. The average Bonchev–Trinajstić information content (AvgIpc) is 2.99. The molecule has 0 unspecified atom stereocenters. The van der Waals surface area contributed by atoms with Gasteiger partial charge in [-0.1, -0.05) is 36.4 Å². The first-order valence-electron chi connectivity index (χ1n) is 5.32. The zero-order valence-corrected chi connectivity index (χ0v) is 8.66.